The second-order valence-corrected chi connectivity index (χ2v) is 6.16. The highest BCUT2D eigenvalue weighted by Gasteiger charge is 2.09. The van der Waals surface area contributed by atoms with Crippen molar-refractivity contribution in [3.8, 4) is 0 Å². The molecule has 3 rings (SSSR count). The molecule has 1 amide bonds. The molecule has 0 unspecified atom stereocenters. The van der Waals surface area contributed by atoms with Crippen molar-refractivity contribution in [3.05, 3.63) is 83.3 Å². The van der Waals surface area contributed by atoms with E-state index in [0.29, 0.717) is 35.6 Å². The quantitative estimate of drug-likeness (QED) is 0.615. The molecule has 3 aromatic rings. The van der Waals surface area contributed by atoms with Crippen LogP contribution in [0.2, 0.25) is 0 Å². The molecule has 7 heteroatoms. The van der Waals surface area contributed by atoms with E-state index in [1.807, 2.05) is 0 Å². The largest absolute Gasteiger partial charge is 0.350 e. The Hall–Kier alpha value is -3.61. The van der Waals surface area contributed by atoms with Gasteiger partial charge in [-0.2, -0.15) is 0 Å². The van der Waals surface area contributed by atoms with Crippen molar-refractivity contribution in [2.24, 2.45) is 0 Å². The summed E-state index contributed by atoms with van der Waals surface area (Å²) in [4.78, 5) is 23.6. The lowest BCUT2D eigenvalue weighted by Crippen LogP contribution is -2.27. The number of carbonyl (C=O) groups excluding carboxylic acids is 2. The Bertz CT molecular complexity index is 990. The summed E-state index contributed by atoms with van der Waals surface area (Å²) in [5, 5.41) is 13.6. The molecule has 0 fully saturated rings. The lowest BCUT2D eigenvalue weighted by Gasteiger charge is -2.08. The molecule has 0 saturated carbocycles. The lowest BCUT2D eigenvalue weighted by molar-refractivity contribution is 0.0947. The fourth-order valence-corrected chi connectivity index (χ4v) is 2.59. The molecular weight excluding hydrogens is 359 g/mol. The Balaban J connectivity index is 1.56. The third kappa shape index (κ3) is 4.97. The zero-order valence-electron chi connectivity index (χ0n) is 15.3. The fraction of sp³-hybridized carbons (Fsp3) is 0.143. The second kappa shape index (κ2) is 8.85. The number of hydrogen-bond acceptors (Lipinski definition) is 5. The highest BCUT2D eigenvalue weighted by molar-refractivity contribution is 5.95. The van der Waals surface area contributed by atoms with Crippen LogP contribution in [-0.2, 0) is 6.42 Å². The van der Waals surface area contributed by atoms with E-state index >= 15 is 0 Å². The molecule has 0 aliphatic heterocycles. The maximum absolute atomic E-state index is 13.6. The summed E-state index contributed by atoms with van der Waals surface area (Å²) in [5.41, 5.74) is 1.99. The number of ketones is 1. The third-order valence-electron chi connectivity index (χ3n) is 4.08. The van der Waals surface area contributed by atoms with Crippen molar-refractivity contribution >= 4 is 23.2 Å². The first kappa shape index (κ1) is 19.2. The van der Waals surface area contributed by atoms with Crippen LogP contribution in [0.15, 0.2) is 60.7 Å². The van der Waals surface area contributed by atoms with E-state index in [-0.39, 0.29) is 23.2 Å². The Morgan fingerprint density at radius 2 is 1.82 bits per heavy atom. The minimum atomic E-state index is -0.381. The maximum atomic E-state index is 13.6. The van der Waals surface area contributed by atoms with Gasteiger partial charge in [0.05, 0.1) is 0 Å². The molecule has 0 spiro atoms. The number of benzene rings is 2. The number of carbonyl (C=O) groups is 2. The van der Waals surface area contributed by atoms with Gasteiger partial charge in [-0.25, -0.2) is 4.39 Å². The standard InChI is InChI=1S/C21H19FN4O2/c1-14(27)16-6-4-7-17(13-16)24-20-10-9-19(25-26-20)21(28)23-12-11-15-5-2-3-8-18(15)22/h2-10,13H,11-12H2,1H3,(H,23,28)(H,24,26). The van der Waals surface area contributed by atoms with Crippen molar-refractivity contribution in [2.45, 2.75) is 13.3 Å². The Morgan fingerprint density at radius 1 is 1.00 bits per heavy atom. The Morgan fingerprint density at radius 3 is 2.54 bits per heavy atom. The molecule has 0 atom stereocenters. The SMILES string of the molecule is CC(=O)c1cccc(Nc2ccc(C(=O)NCCc3ccccc3F)nn2)c1. The number of rotatable bonds is 7. The first-order valence-corrected chi connectivity index (χ1v) is 8.76. The van der Waals surface area contributed by atoms with Crippen LogP contribution in [0.4, 0.5) is 15.9 Å². The van der Waals surface area contributed by atoms with Crippen LogP contribution >= 0.6 is 0 Å². The van der Waals surface area contributed by atoms with Crippen LogP contribution in [0.1, 0.15) is 33.3 Å². The highest BCUT2D eigenvalue weighted by Crippen LogP contribution is 2.16. The van der Waals surface area contributed by atoms with Crippen LogP contribution in [0.3, 0.4) is 0 Å². The van der Waals surface area contributed by atoms with E-state index in [4.69, 9.17) is 0 Å². The predicted molar refractivity (Wildman–Crippen MR) is 104 cm³/mol. The van der Waals surface area contributed by atoms with Crippen molar-refractivity contribution in [1.82, 2.24) is 15.5 Å². The van der Waals surface area contributed by atoms with Crippen LogP contribution in [0.25, 0.3) is 0 Å². The maximum Gasteiger partial charge on any atom is 0.271 e. The summed E-state index contributed by atoms with van der Waals surface area (Å²) in [6, 6.07) is 16.6. The van der Waals surface area contributed by atoms with Crippen LogP contribution in [0, 0.1) is 5.82 Å². The predicted octanol–water partition coefficient (Wildman–Crippen LogP) is 3.53. The number of Topliss-reactive ketones (excluding diaryl/α,β-unsaturated/α-hetero) is 1. The number of aromatic nitrogens is 2. The minimum absolute atomic E-state index is 0.0304. The number of halogens is 1. The van der Waals surface area contributed by atoms with Gasteiger partial charge in [0.25, 0.3) is 5.91 Å². The minimum Gasteiger partial charge on any atom is -0.350 e. The van der Waals surface area contributed by atoms with Gasteiger partial charge in [0.1, 0.15) is 5.82 Å². The van der Waals surface area contributed by atoms with Gasteiger partial charge >= 0.3 is 0 Å². The zero-order chi connectivity index (χ0) is 19.9. The van der Waals surface area contributed by atoms with Gasteiger partial charge in [0.15, 0.2) is 17.3 Å². The smallest absolute Gasteiger partial charge is 0.271 e. The molecule has 0 saturated heterocycles. The summed E-state index contributed by atoms with van der Waals surface area (Å²) < 4.78 is 13.6. The van der Waals surface area contributed by atoms with Crippen molar-refractivity contribution in [1.29, 1.82) is 0 Å². The molecule has 2 N–H and O–H groups in total. The molecular formula is C21H19FN4O2. The molecule has 0 aliphatic carbocycles. The summed E-state index contributed by atoms with van der Waals surface area (Å²) in [6.45, 7) is 1.79. The lowest BCUT2D eigenvalue weighted by atomic mass is 10.1. The van der Waals surface area contributed by atoms with Gasteiger partial charge in [-0.1, -0.05) is 30.3 Å². The van der Waals surface area contributed by atoms with Gasteiger partial charge in [-0.15, -0.1) is 10.2 Å². The van der Waals surface area contributed by atoms with Crippen LogP contribution in [-0.4, -0.2) is 28.4 Å². The second-order valence-electron chi connectivity index (χ2n) is 6.16. The summed E-state index contributed by atoms with van der Waals surface area (Å²) in [5.74, 6) is -0.254. The van der Waals surface area contributed by atoms with E-state index in [0.717, 1.165) is 0 Å². The number of nitrogens with one attached hydrogen (secondary N) is 2. The molecule has 1 aromatic heterocycles. The molecule has 2 aromatic carbocycles. The molecule has 0 bridgehead atoms. The first-order valence-electron chi connectivity index (χ1n) is 8.76. The first-order chi connectivity index (χ1) is 13.5. The van der Waals surface area contributed by atoms with Gasteiger partial charge in [0.2, 0.25) is 0 Å². The van der Waals surface area contributed by atoms with Gasteiger partial charge in [0, 0.05) is 17.8 Å². The van der Waals surface area contributed by atoms with E-state index in [1.165, 1.54) is 13.0 Å². The average Bonchev–Trinajstić information content (AvgIpc) is 2.70. The van der Waals surface area contributed by atoms with Crippen molar-refractivity contribution in [2.75, 3.05) is 11.9 Å². The molecule has 6 nitrogen and oxygen atoms in total. The van der Waals surface area contributed by atoms with Gasteiger partial charge in [-0.3, -0.25) is 9.59 Å². The topological polar surface area (TPSA) is 84.0 Å². The van der Waals surface area contributed by atoms with Crippen molar-refractivity contribution < 1.29 is 14.0 Å². The fourth-order valence-electron chi connectivity index (χ4n) is 2.59. The molecule has 28 heavy (non-hydrogen) atoms. The summed E-state index contributed by atoms with van der Waals surface area (Å²) in [6.07, 6.45) is 0.387. The highest BCUT2D eigenvalue weighted by atomic mass is 19.1. The van der Waals surface area contributed by atoms with Gasteiger partial charge < -0.3 is 10.6 Å². The summed E-state index contributed by atoms with van der Waals surface area (Å²) >= 11 is 0. The van der Waals surface area contributed by atoms with Gasteiger partial charge in [-0.05, 0) is 49.2 Å². The molecule has 0 aliphatic rings. The third-order valence-corrected chi connectivity index (χ3v) is 4.08. The van der Waals surface area contributed by atoms with E-state index in [2.05, 4.69) is 20.8 Å². The number of hydrogen-bond donors (Lipinski definition) is 2. The molecule has 1 heterocycles. The van der Waals surface area contributed by atoms with Crippen molar-refractivity contribution in [3.63, 3.8) is 0 Å². The Labute approximate surface area is 161 Å². The van der Waals surface area contributed by atoms with Crippen LogP contribution < -0.4 is 10.6 Å². The molecule has 0 radical (unpaired) electrons. The summed E-state index contributed by atoms with van der Waals surface area (Å²) in [7, 11) is 0. The van der Waals surface area contributed by atoms with E-state index in [1.54, 1.807) is 54.6 Å². The number of nitrogens with zero attached hydrogens (tertiary/aromatic N) is 2. The Kier molecular flexibility index (Phi) is 6.06. The number of anilines is 2. The zero-order valence-corrected chi connectivity index (χ0v) is 15.3. The monoisotopic (exact) mass is 378 g/mol. The number of amides is 1. The molecule has 142 valence electrons. The average molecular weight is 378 g/mol. The normalized spacial score (nSPS) is 10.4. The van der Waals surface area contributed by atoms with E-state index < -0.39 is 0 Å². The van der Waals surface area contributed by atoms with Crippen LogP contribution in [0.5, 0.6) is 0 Å². The van der Waals surface area contributed by atoms with E-state index in [9.17, 15) is 14.0 Å².